The van der Waals surface area contributed by atoms with Crippen LogP contribution in [0.3, 0.4) is 0 Å². The molecule has 0 aliphatic carbocycles. The number of nitrogens with one attached hydrogen (secondary N) is 1. The lowest BCUT2D eigenvalue weighted by atomic mass is 9.97. The van der Waals surface area contributed by atoms with Gasteiger partial charge < -0.3 is 5.32 Å². The molecule has 26 heavy (non-hydrogen) atoms. The summed E-state index contributed by atoms with van der Waals surface area (Å²) in [7, 11) is 0. The van der Waals surface area contributed by atoms with Crippen LogP contribution in [-0.4, -0.2) is 5.78 Å². The summed E-state index contributed by atoms with van der Waals surface area (Å²) in [5.41, 5.74) is 2.20. The quantitative estimate of drug-likeness (QED) is 0.485. The van der Waals surface area contributed by atoms with Gasteiger partial charge in [0.25, 0.3) is 0 Å². The number of rotatable bonds is 6. The topological polar surface area (TPSA) is 29.1 Å². The molecule has 3 rings (SSSR count). The van der Waals surface area contributed by atoms with Gasteiger partial charge in [-0.2, -0.15) is 0 Å². The standard InChI is InChI=1S/C21H16Cl2FNO/c22-16-8-4-14(5-9-16)20(25-19-3-1-2-17(23)12-19)13-21(26)15-6-10-18(24)11-7-15/h1-12,20,25H,13H2. The second-order valence-corrected chi connectivity index (χ2v) is 6.77. The highest BCUT2D eigenvalue weighted by atomic mass is 35.5. The van der Waals surface area contributed by atoms with E-state index >= 15 is 0 Å². The van der Waals surface area contributed by atoms with E-state index in [-0.39, 0.29) is 24.1 Å². The van der Waals surface area contributed by atoms with Gasteiger partial charge >= 0.3 is 0 Å². The van der Waals surface area contributed by atoms with E-state index in [1.807, 2.05) is 24.3 Å². The molecule has 0 amide bonds. The van der Waals surface area contributed by atoms with E-state index in [2.05, 4.69) is 5.32 Å². The molecule has 0 aliphatic rings. The second kappa shape index (κ2) is 8.35. The van der Waals surface area contributed by atoms with E-state index in [4.69, 9.17) is 23.2 Å². The van der Waals surface area contributed by atoms with E-state index in [0.29, 0.717) is 15.6 Å². The van der Waals surface area contributed by atoms with Gasteiger partial charge in [0, 0.05) is 27.7 Å². The molecule has 3 aromatic rings. The third kappa shape index (κ3) is 4.84. The van der Waals surface area contributed by atoms with Crippen LogP contribution in [0, 0.1) is 5.82 Å². The third-order valence-electron chi connectivity index (χ3n) is 3.99. The number of hydrogen-bond donors (Lipinski definition) is 1. The molecule has 0 saturated heterocycles. The molecule has 1 unspecified atom stereocenters. The van der Waals surface area contributed by atoms with Crippen molar-refractivity contribution in [2.24, 2.45) is 0 Å². The number of carbonyl (C=O) groups is 1. The van der Waals surface area contributed by atoms with Gasteiger partial charge in [-0.05, 0) is 60.2 Å². The summed E-state index contributed by atoms with van der Waals surface area (Å²) in [6.07, 6.45) is 0.208. The minimum atomic E-state index is -0.368. The monoisotopic (exact) mass is 387 g/mol. The van der Waals surface area contributed by atoms with Crippen molar-refractivity contribution in [3.63, 3.8) is 0 Å². The Kier molecular flexibility index (Phi) is 5.92. The van der Waals surface area contributed by atoms with Crippen molar-refractivity contribution in [2.45, 2.75) is 12.5 Å². The van der Waals surface area contributed by atoms with Crippen LogP contribution in [0.2, 0.25) is 10.0 Å². The Morgan fingerprint density at radius 2 is 1.62 bits per heavy atom. The maximum atomic E-state index is 13.1. The first-order chi connectivity index (χ1) is 12.5. The Bertz CT molecular complexity index is 895. The molecule has 0 aromatic heterocycles. The first kappa shape index (κ1) is 18.4. The molecule has 0 heterocycles. The van der Waals surface area contributed by atoms with E-state index in [0.717, 1.165) is 11.3 Å². The van der Waals surface area contributed by atoms with Crippen LogP contribution in [0.25, 0.3) is 0 Å². The number of hydrogen-bond acceptors (Lipinski definition) is 2. The summed E-state index contributed by atoms with van der Waals surface area (Å²) in [6.45, 7) is 0. The number of carbonyl (C=O) groups excluding carboxylic acids is 1. The average molecular weight is 388 g/mol. The Morgan fingerprint density at radius 3 is 2.27 bits per heavy atom. The molecule has 1 atom stereocenters. The molecule has 0 aliphatic heterocycles. The summed E-state index contributed by atoms with van der Waals surface area (Å²) in [5, 5.41) is 4.58. The van der Waals surface area contributed by atoms with Crippen molar-refractivity contribution >= 4 is 34.7 Å². The van der Waals surface area contributed by atoms with Crippen LogP contribution in [0.15, 0.2) is 72.8 Å². The predicted octanol–water partition coefficient (Wildman–Crippen LogP) is 6.56. The highest BCUT2D eigenvalue weighted by molar-refractivity contribution is 6.31. The fourth-order valence-electron chi connectivity index (χ4n) is 2.67. The Morgan fingerprint density at radius 1 is 0.923 bits per heavy atom. The zero-order chi connectivity index (χ0) is 18.5. The molecular formula is C21H16Cl2FNO. The number of benzene rings is 3. The molecule has 0 fully saturated rings. The second-order valence-electron chi connectivity index (χ2n) is 5.89. The number of halogens is 3. The lowest BCUT2D eigenvalue weighted by Gasteiger charge is -2.20. The van der Waals surface area contributed by atoms with Gasteiger partial charge in [-0.1, -0.05) is 41.4 Å². The van der Waals surface area contributed by atoms with Gasteiger partial charge in [-0.25, -0.2) is 4.39 Å². The molecule has 0 saturated carbocycles. The summed E-state index contributed by atoms with van der Waals surface area (Å²) in [6, 6.07) is 19.9. The maximum Gasteiger partial charge on any atom is 0.165 e. The summed E-state index contributed by atoms with van der Waals surface area (Å²) < 4.78 is 13.1. The van der Waals surface area contributed by atoms with Gasteiger partial charge in [-0.3, -0.25) is 4.79 Å². The molecule has 3 aromatic carbocycles. The smallest absolute Gasteiger partial charge is 0.165 e. The number of anilines is 1. The lowest BCUT2D eigenvalue weighted by Crippen LogP contribution is -2.16. The molecule has 0 spiro atoms. The molecule has 0 bridgehead atoms. The van der Waals surface area contributed by atoms with Crippen molar-refractivity contribution in [3.8, 4) is 0 Å². The zero-order valence-corrected chi connectivity index (χ0v) is 15.3. The van der Waals surface area contributed by atoms with Crippen molar-refractivity contribution in [3.05, 3.63) is 99.8 Å². The van der Waals surface area contributed by atoms with E-state index < -0.39 is 0 Å². The van der Waals surface area contributed by atoms with E-state index in [9.17, 15) is 9.18 Å². The van der Waals surface area contributed by atoms with Gasteiger partial charge in [0.05, 0.1) is 6.04 Å². The van der Waals surface area contributed by atoms with Crippen LogP contribution in [-0.2, 0) is 0 Å². The highest BCUT2D eigenvalue weighted by Gasteiger charge is 2.18. The fourth-order valence-corrected chi connectivity index (χ4v) is 2.98. The van der Waals surface area contributed by atoms with Crippen LogP contribution in [0.5, 0.6) is 0 Å². The van der Waals surface area contributed by atoms with E-state index in [1.165, 1.54) is 24.3 Å². The third-order valence-corrected chi connectivity index (χ3v) is 4.48. The summed E-state index contributed by atoms with van der Waals surface area (Å²) >= 11 is 12.0. The average Bonchev–Trinajstić information content (AvgIpc) is 2.62. The Labute approximate surface area is 161 Å². The minimum Gasteiger partial charge on any atom is -0.378 e. The summed E-state index contributed by atoms with van der Waals surface area (Å²) in [5.74, 6) is -0.452. The minimum absolute atomic E-state index is 0.0838. The first-order valence-electron chi connectivity index (χ1n) is 8.07. The largest absolute Gasteiger partial charge is 0.378 e. The van der Waals surface area contributed by atoms with Crippen LogP contribution in [0.1, 0.15) is 28.4 Å². The Hall–Kier alpha value is -2.36. The van der Waals surface area contributed by atoms with E-state index in [1.54, 1.807) is 24.3 Å². The molecule has 5 heteroatoms. The van der Waals surface area contributed by atoms with Gasteiger partial charge in [0.2, 0.25) is 0 Å². The summed E-state index contributed by atoms with van der Waals surface area (Å²) in [4.78, 5) is 12.6. The van der Waals surface area contributed by atoms with Crippen LogP contribution >= 0.6 is 23.2 Å². The van der Waals surface area contributed by atoms with Crippen molar-refractivity contribution in [2.75, 3.05) is 5.32 Å². The molecular weight excluding hydrogens is 372 g/mol. The van der Waals surface area contributed by atoms with Gasteiger partial charge in [0.1, 0.15) is 5.82 Å². The van der Waals surface area contributed by atoms with Crippen LogP contribution in [0.4, 0.5) is 10.1 Å². The lowest BCUT2D eigenvalue weighted by molar-refractivity contribution is 0.0976. The van der Waals surface area contributed by atoms with Gasteiger partial charge in [0.15, 0.2) is 5.78 Å². The first-order valence-corrected chi connectivity index (χ1v) is 8.83. The zero-order valence-electron chi connectivity index (χ0n) is 13.8. The highest BCUT2D eigenvalue weighted by Crippen LogP contribution is 2.27. The maximum absolute atomic E-state index is 13.1. The molecule has 1 N–H and O–H groups in total. The number of Topliss-reactive ketones (excluding diaryl/α,β-unsaturated/α-hetero) is 1. The van der Waals surface area contributed by atoms with Gasteiger partial charge in [-0.15, -0.1) is 0 Å². The molecule has 2 nitrogen and oxygen atoms in total. The Balaban J connectivity index is 1.85. The van der Waals surface area contributed by atoms with Crippen molar-refractivity contribution in [1.82, 2.24) is 0 Å². The van der Waals surface area contributed by atoms with Crippen molar-refractivity contribution in [1.29, 1.82) is 0 Å². The normalized spacial score (nSPS) is 11.8. The predicted molar refractivity (Wildman–Crippen MR) is 105 cm³/mol. The molecule has 132 valence electrons. The SMILES string of the molecule is O=C(CC(Nc1cccc(Cl)c1)c1ccc(Cl)cc1)c1ccc(F)cc1. The molecule has 0 radical (unpaired) electrons. The number of ketones is 1. The van der Waals surface area contributed by atoms with Crippen molar-refractivity contribution < 1.29 is 9.18 Å². The van der Waals surface area contributed by atoms with Crippen LogP contribution < -0.4 is 5.32 Å². The fraction of sp³-hybridized carbons (Fsp3) is 0.0952.